The van der Waals surface area contributed by atoms with Crippen LogP contribution < -0.4 is 5.32 Å². The number of fused-ring (bicyclic) bond motifs is 1. The summed E-state index contributed by atoms with van der Waals surface area (Å²) >= 11 is 0. The fourth-order valence-electron chi connectivity index (χ4n) is 3.03. The Balaban J connectivity index is 1.60. The Hall–Kier alpha value is -2.84. The third-order valence-electron chi connectivity index (χ3n) is 4.85. The van der Waals surface area contributed by atoms with Crippen molar-refractivity contribution in [1.29, 1.82) is 0 Å². The molecule has 1 saturated heterocycles. The Morgan fingerprint density at radius 1 is 1.34 bits per heavy atom. The molecule has 0 radical (unpaired) electrons. The summed E-state index contributed by atoms with van der Waals surface area (Å²) in [5.74, 6) is 5.66. The number of carbonyl (C=O) groups excluding carboxylic acids is 1. The number of rotatable bonds is 4. The van der Waals surface area contributed by atoms with Crippen molar-refractivity contribution in [1.82, 2.24) is 19.5 Å². The van der Waals surface area contributed by atoms with Crippen molar-refractivity contribution >= 4 is 22.9 Å². The second-order valence-corrected chi connectivity index (χ2v) is 7.26. The summed E-state index contributed by atoms with van der Waals surface area (Å²) in [5, 5.41) is 33.7. The minimum atomic E-state index is -1.34. The summed E-state index contributed by atoms with van der Waals surface area (Å²) in [5.41, 5.74) is 0.871. The van der Waals surface area contributed by atoms with E-state index >= 15 is 0 Å². The molecule has 3 heterocycles. The van der Waals surface area contributed by atoms with E-state index in [9.17, 15) is 20.1 Å². The first-order chi connectivity index (χ1) is 13.9. The molecule has 10 heteroatoms. The van der Waals surface area contributed by atoms with Gasteiger partial charge < -0.3 is 25.4 Å². The highest BCUT2D eigenvalue weighted by atomic mass is 16.6. The van der Waals surface area contributed by atoms with Crippen LogP contribution in [0.15, 0.2) is 24.8 Å². The van der Waals surface area contributed by atoms with Gasteiger partial charge in [-0.3, -0.25) is 9.36 Å². The molecule has 0 spiro atoms. The summed E-state index contributed by atoms with van der Waals surface area (Å²) in [4.78, 5) is 24.3. The summed E-state index contributed by atoms with van der Waals surface area (Å²) in [7, 11) is 0. The molecule has 2 aliphatic rings. The third-order valence-corrected chi connectivity index (χ3v) is 4.85. The zero-order valence-electron chi connectivity index (χ0n) is 15.7. The molecule has 29 heavy (non-hydrogen) atoms. The van der Waals surface area contributed by atoms with Gasteiger partial charge in [0.15, 0.2) is 23.2 Å². The van der Waals surface area contributed by atoms with Crippen molar-refractivity contribution in [3.63, 3.8) is 0 Å². The van der Waals surface area contributed by atoms with Crippen molar-refractivity contribution in [2.75, 3.05) is 5.32 Å². The number of nitrogens with one attached hydrogen (secondary N) is 1. The van der Waals surface area contributed by atoms with Gasteiger partial charge in [-0.25, -0.2) is 15.0 Å². The zero-order valence-corrected chi connectivity index (χ0v) is 15.7. The van der Waals surface area contributed by atoms with Crippen LogP contribution in [0, 0.1) is 17.8 Å². The van der Waals surface area contributed by atoms with E-state index in [1.165, 1.54) is 17.2 Å². The first-order valence-electron chi connectivity index (χ1n) is 9.22. The van der Waals surface area contributed by atoms with E-state index in [1.54, 1.807) is 6.92 Å². The first kappa shape index (κ1) is 19.5. The molecule has 2 aromatic heterocycles. The number of aliphatic hydroxyl groups excluding tert-OH is 3. The number of hydrogen-bond donors (Lipinski definition) is 4. The minimum Gasteiger partial charge on any atom is -0.387 e. The van der Waals surface area contributed by atoms with Gasteiger partial charge in [-0.05, 0) is 19.8 Å². The average Bonchev–Trinajstić information content (AvgIpc) is 3.36. The quantitative estimate of drug-likeness (QED) is 0.407. The van der Waals surface area contributed by atoms with E-state index in [-0.39, 0.29) is 22.9 Å². The van der Waals surface area contributed by atoms with E-state index in [0.717, 1.165) is 12.8 Å². The first-order valence-corrected chi connectivity index (χ1v) is 9.22. The van der Waals surface area contributed by atoms with E-state index in [4.69, 9.17) is 4.74 Å². The zero-order chi connectivity index (χ0) is 20.7. The van der Waals surface area contributed by atoms with Gasteiger partial charge in [0.2, 0.25) is 0 Å². The lowest BCUT2D eigenvalue weighted by Crippen LogP contribution is -2.38. The molecule has 1 amide bonds. The van der Waals surface area contributed by atoms with Crippen LogP contribution in [0.1, 0.15) is 26.0 Å². The molecule has 1 saturated carbocycles. The number of carbonyl (C=O) groups is 1. The molecular formula is C19H21N5O5. The van der Waals surface area contributed by atoms with Gasteiger partial charge in [0.1, 0.15) is 30.7 Å². The minimum absolute atomic E-state index is 0.182. The molecule has 152 valence electrons. The highest BCUT2D eigenvalue weighted by Crippen LogP contribution is 2.34. The molecule has 4 rings (SSSR count). The normalized spacial score (nSPS) is 27.3. The Kier molecular flexibility index (Phi) is 5.06. The number of hydrogen-bond acceptors (Lipinski definition) is 8. The van der Waals surface area contributed by atoms with Crippen molar-refractivity contribution < 1.29 is 24.9 Å². The predicted molar refractivity (Wildman–Crippen MR) is 101 cm³/mol. The molecule has 1 aliphatic carbocycles. The van der Waals surface area contributed by atoms with Gasteiger partial charge in [-0.2, -0.15) is 0 Å². The Morgan fingerprint density at radius 2 is 2.10 bits per heavy atom. The lowest BCUT2D eigenvalue weighted by molar-refractivity contribution is -0.112. The maximum atomic E-state index is 11.9. The van der Waals surface area contributed by atoms with Gasteiger partial charge in [0.05, 0.1) is 6.33 Å². The smallest absolute Gasteiger partial charge is 0.251 e. The fraction of sp³-hybridized carbons (Fsp3) is 0.474. The topological polar surface area (TPSA) is 143 Å². The molecule has 2 fully saturated rings. The van der Waals surface area contributed by atoms with Crippen LogP contribution in [-0.2, 0) is 9.53 Å². The number of anilines is 1. The van der Waals surface area contributed by atoms with Crippen molar-refractivity contribution in [3.8, 4) is 11.8 Å². The maximum Gasteiger partial charge on any atom is 0.251 e. The molecule has 0 bridgehead atoms. The molecule has 4 N–H and O–H groups in total. The van der Waals surface area contributed by atoms with Crippen LogP contribution in [-0.4, -0.2) is 65.2 Å². The lowest BCUT2D eigenvalue weighted by Gasteiger charge is -2.17. The monoisotopic (exact) mass is 399 g/mol. The summed E-state index contributed by atoms with van der Waals surface area (Å²) in [6, 6.07) is 0. The van der Waals surface area contributed by atoms with Gasteiger partial charge >= 0.3 is 0 Å². The van der Waals surface area contributed by atoms with Crippen molar-refractivity contribution in [3.05, 3.63) is 24.8 Å². The molecule has 2 aromatic rings. The molecule has 1 unspecified atom stereocenters. The van der Waals surface area contributed by atoms with E-state index in [2.05, 4.69) is 38.7 Å². The average molecular weight is 399 g/mol. The Labute approximate surface area is 166 Å². The van der Waals surface area contributed by atoms with Crippen LogP contribution in [0.25, 0.3) is 11.2 Å². The van der Waals surface area contributed by atoms with E-state index < -0.39 is 36.6 Å². The Bertz CT molecular complexity index is 1020. The SMILES string of the molecule is C=C(C)C(=O)Nc1ncnc2c1ncn2[C@@H]1O[C@H](C(O)C#CC2CC2)[C@@H](O)[C@H]1O. The molecule has 0 aromatic carbocycles. The van der Waals surface area contributed by atoms with Crippen LogP contribution in [0.4, 0.5) is 5.82 Å². The second-order valence-electron chi connectivity index (χ2n) is 7.26. The fourth-order valence-corrected chi connectivity index (χ4v) is 3.03. The number of amides is 1. The van der Waals surface area contributed by atoms with Gasteiger partial charge in [0.25, 0.3) is 5.91 Å². The van der Waals surface area contributed by atoms with Crippen LogP contribution in [0.2, 0.25) is 0 Å². The Morgan fingerprint density at radius 3 is 2.79 bits per heavy atom. The highest BCUT2D eigenvalue weighted by molar-refractivity contribution is 6.05. The van der Waals surface area contributed by atoms with Crippen molar-refractivity contribution in [2.45, 2.75) is 50.4 Å². The number of aromatic nitrogens is 4. The maximum absolute atomic E-state index is 11.9. The standard InChI is InChI=1S/C19H21N5O5/c1-9(2)18(28)23-16-12-17(21-7-20-16)24(8-22-12)19-14(27)13(26)15(29-19)11(25)6-5-10-3-4-10/h7-8,10-11,13-15,19,25-27H,1,3-4H2,2H3,(H,20,21,23,28)/t11?,13-,14+,15+,19+/m0/s1. The summed E-state index contributed by atoms with van der Waals surface area (Å²) in [6.45, 7) is 5.14. The van der Waals surface area contributed by atoms with Crippen molar-refractivity contribution in [2.24, 2.45) is 5.92 Å². The molecule has 1 aliphatic heterocycles. The number of nitrogens with zero attached hydrogens (tertiary/aromatic N) is 4. The second kappa shape index (κ2) is 7.53. The van der Waals surface area contributed by atoms with Crippen LogP contribution >= 0.6 is 0 Å². The molecule has 10 nitrogen and oxygen atoms in total. The third kappa shape index (κ3) is 3.73. The largest absolute Gasteiger partial charge is 0.387 e. The van der Waals surface area contributed by atoms with E-state index in [1.807, 2.05) is 0 Å². The lowest BCUT2D eigenvalue weighted by atomic mass is 10.1. The number of ether oxygens (including phenoxy) is 1. The van der Waals surface area contributed by atoms with Gasteiger partial charge in [-0.15, -0.1) is 0 Å². The van der Waals surface area contributed by atoms with Crippen LogP contribution in [0.3, 0.4) is 0 Å². The summed E-state index contributed by atoms with van der Waals surface area (Å²) < 4.78 is 7.14. The molecule has 5 atom stereocenters. The van der Waals surface area contributed by atoms with E-state index in [0.29, 0.717) is 5.57 Å². The van der Waals surface area contributed by atoms with Crippen LogP contribution in [0.5, 0.6) is 0 Å². The van der Waals surface area contributed by atoms with Gasteiger partial charge in [-0.1, -0.05) is 18.4 Å². The van der Waals surface area contributed by atoms with Gasteiger partial charge in [0, 0.05) is 11.5 Å². The highest BCUT2D eigenvalue weighted by Gasteiger charge is 2.47. The molecular weight excluding hydrogens is 378 g/mol. The summed E-state index contributed by atoms with van der Waals surface area (Å²) in [6.07, 6.45) is -1.43. The number of imidazole rings is 1. The number of aliphatic hydroxyl groups is 3. The predicted octanol–water partition coefficient (Wildman–Crippen LogP) is -0.266.